The van der Waals surface area contributed by atoms with Crippen LogP contribution < -0.4 is 15.8 Å². The van der Waals surface area contributed by atoms with Crippen LogP contribution in [-0.4, -0.2) is 91.6 Å². The maximum Gasteiger partial charge on any atom is 0.338 e. The number of aliphatic hydroxyl groups excluding tert-OH is 1. The molecule has 14 heteroatoms. The number of carbonyl (C=O) groups is 3. The third kappa shape index (κ3) is 8.38. The molecule has 1 unspecified atom stereocenters. The van der Waals surface area contributed by atoms with Gasteiger partial charge >= 0.3 is 5.97 Å². The molecule has 3 rings (SSSR count). The third-order valence-corrected chi connectivity index (χ3v) is 8.04. The van der Waals surface area contributed by atoms with Crippen molar-refractivity contribution in [3.05, 3.63) is 35.4 Å². The number of piperidine rings is 1. The fourth-order valence-corrected chi connectivity index (χ4v) is 6.16. The lowest BCUT2D eigenvalue weighted by atomic mass is 10.0. The van der Waals surface area contributed by atoms with Crippen molar-refractivity contribution in [1.82, 2.24) is 19.8 Å². The number of amides is 2. The number of hydrogen-bond acceptors (Lipinski definition) is 8. The molecule has 0 saturated carbocycles. The standard InChI is InChI=1S/C25H38N6O7S/c1-2-14-38-24(35)18-9-4-3-8-17(18)16-39(36,37)29-20-10-5-6-12-30(22(20)33)15-21(32)28-19-11-7-13-31(23(19)34)25(26)27/h3-4,8-9,19-20,23,29,34H,2,5-7,10-16H2,1H3,(H3,26,27)(H,28,32)/t19-,20-,23?/m0/s1. The van der Waals surface area contributed by atoms with Crippen molar-refractivity contribution in [2.45, 2.75) is 69.5 Å². The Morgan fingerprint density at radius 3 is 2.64 bits per heavy atom. The molecule has 0 aliphatic carbocycles. The molecule has 6 N–H and O–H groups in total. The largest absolute Gasteiger partial charge is 0.462 e. The van der Waals surface area contributed by atoms with Crippen LogP contribution in [-0.2, 0) is 30.1 Å². The van der Waals surface area contributed by atoms with Gasteiger partial charge in [0.15, 0.2) is 5.96 Å². The van der Waals surface area contributed by atoms with E-state index in [9.17, 15) is 27.9 Å². The van der Waals surface area contributed by atoms with Crippen molar-refractivity contribution in [2.75, 3.05) is 26.2 Å². The fourth-order valence-electron chi connectivity index (χ4n) is 4.77. The van der Waals surface area contributed by atoms with Gasteiger partial charge in [-0.05, 0) is 50.2 Å². The van der Waals surface area contributed by atoms with Crippen LogP contribution in [0.15, 0.2) is 24.3 Å². The highest BCUT2D eigenvalue weighted by Gasteiger charge is 2.34. The summed E-state index contributed by atoms with van der Waals surface area (Å²) >= 11 is 0. The second kappa shape index (κ2) is 13.7. The maximum atomic E-state index is 13.2. The number of nitrogens with two attached hydrogens (primary N) is 1. The number of aliphatic hydroxyl groups is 1. The van der Waals surface area contributed by atoms with Crippen LogP contribution in [0.3, 0.4) is 0 Å². The van der Waals surface area contributed by atoms with E-state index in [4.69, 9.17) is 15.9 Å². The molecule has 2 amide bonds. The number of benzene rings is 1. The van der Waals surface area contributed by atoms with Gasteiger partial charge in [0.25, 0.3) is 0 Å². The van der Waals surface area contributed by atoms with Crippen LogP contribution in [0.2, 0.25) is 0 Å². The van der Waals surface area contributed by atoms with Gasteiger partial charge < -0.3 is 30.7 Å². The molecule has 1 aromatic rings. The fraction of sp³-hybridized carbons (Fsp3) is 0.600. The number of nitrogens with zero attached hydrogens (tertiary/aromatic N) is 2. The summed E-state index contributed by atoms with van der Waals surface area (Å²) in [5, 5.41) is 20.7. The number of esters is 1. The van der Waals surface area contributed by atoms with Gasteiger partial charge in [-0.2, -0.15) is 0 Å². The Kier molecular flexibility index (Phi) is 10.7. The summed E-state index contributed by atoms with van der Waals surface area (Å²) in [6, 6.07) is 4.55. The Hall–Kier alpha value is -3.23. The summed E-state index contributed by atoms with van der Waals surface area (Å²) in [5.74, 6) is -2.43. The SMILES string of the molecule is CCCOC(=O)c1ccccc1CS(=O)(=O)N[C@H]1CCCCN(CC(=O)N[C@H]2CCCN(C(=N)N)C2O)C1=O. The summed E-state index contributed by atoms with van der Waals surface area (Å²) in [4.78, 5) is 41.0. The van der Waals surface area contributed by atoms with Gasteiger partial charge in [-0.3, -0.25) is 15.0 Å². The van der Waals surface area contributed by atoms with E-state index in [1.165, 1.54) is 21.9 Å². The van der Waals surface area contributed by atoms with Crippen LogP contribution in [0.4, 0.5) is 0 Å². The summed E-state index contributed by atoms with van der Waals surface area (Å²) in [7, 11) is -4.03. The number of rotatable bonds is 10. The number of guanidine groups is 1. The minimum Gasteiger partial charge on any atom is -0.462 e. The molecule has 0 spiro atoms. The van der Waals surface area contributed by atoms with Crippen molar-refractivity contribution in [3.8, 4) is 0 Å². The predicted octanol–water partition coefficient (Wildman–Crippen LogP) is -0.154. The van der Waals surface area contributed by atoms with Crippen LogP contribution in [0.5, 0.6) is 0 Å². The van der Waals surface area contributed by atoms with Gasteiger partial charge in [0, 0.05) is 13.1 Å². The molecule has 2 aliphatic heterocycles. The zero-order chi connectivity index (χ0) is 28.6. The molecule has 2 aliphatic rings. The van der Waals surface area contributed by atoms with Crippen molar-refractivity contribution in [3.63, 3.8) is 0 Å². The molecule has 13 nitrogen and oxygen atoms in total. The molecular formula is C25H38N6O7S. The molecule has 2 heterocycles. The Bertz CT molecular complexity index is 1160. The molecule has 2 saturated heterocycles. The van der Waals surface area contributed by atoms with Gasteiger partial charge in [0.05, 0.1) is 30.5 Å². The first-order valence-corrected chi connectivity index (χ1v) is 14.8. The molecule has 0 bridgehead atoms. The molecule has 0 aromatic heterocycles. The Labute approximate surface area is 228 Å². The first-order chi connectivity index (χ1) is 18.5. The highest BCUT2D eigenvalue weighted by Crippen LogP contribution is 2.18. The van der Waals surface area contributed by atoms with Crippen molar-refractivity contribution >= 4 is 33.8 Å². The molecule has 2 fully saturated rings. The molecular weight excluding hydrogens is 528 g/mol. The number of likely N-dealkylation sites (tertiary alicyclic amines) is 2. The van der Waals surface area contributed by atoms with Crippen molar-refractivity contribution in [2.24, 2.45) is 5.73 Å². The summed E-state index contributed by atoms with van der Waals surface area (Å²) in [5.41, 5.74) is 5.90. The zero-order valence-corrected chi connectivity index (χ0v) is 22.9. The van der Waals surface area contributed by atoms with Crippen LogP contribution in [0.25, 0.3) is 0 Å². The van der Waals surface area contributed by atoms with Gasteiger partial charge in [-0.1, -0.05) is 25.1 Å². The zero-order valence-electron chi connectivity index (χ0n) is 22.1. The molecule has 39 heavy (non-hydrogen) atoms. The van der Waals surface area contributed by atoms with E-state index in [0.717, 1.165) is 0 Å². The second-order valence-electron chi connectivity index (χ2n) is 9.79. The normalized spacial score (nSPS) is 22.2. The first kappa shape index (κ1) is 30.3. The molecule has 3 atom stereocenters. The van der Waals surface area contributed by atoms with Crippen LogP contribution in [0, 0.1) is 5.41 Å². The third-order valence-electron chi connectivity index (χ3n) is 6.71. The van der Waals surface area contributed by atoms with E-state index in [1.54, 1.807) is 12.1 Å². The maximum absolute atomic E-state index is 13.2. The number of sulfonamides is 1. The average molecular weight is 567 g/mol. The van der Waals surface area contributed by atoms with E-state index in [-0.39, 0.29) is 43.2 Å². The van der Waals surface area contributed by atoms with E-state index >= 15 is 0 Å². The lowest BCUT2D eigenvalue weighted by Gasteiger charge is -2.38. The average Bonchev–Trinajstić information content (AvgIpc) is 3.04. The number of ether oxygens (including phenoxy) is 1. The van der Waals surface area contributed by atoms with Crippen molar-refractivity contribution < 1.29 is 32.6 Å². The van der Waals surface area contributed by atoms with E-state index in [0.29, 0.717) is 38.6 Å². The first-order valence-electron chi connectivity index (χ1n) is 13.1. The van der Waals surface area contributed by atoms with Gasteiger partial charge in [0.2, 0.25) is 21.8 Å². The Morgan fingerprint density at radius 2 is 1.92 bits per heavy atom. The van der Waals surface area contributed by atoms with E-state index in [2.05, 4.69) is 10.0 Å². The topological polar surface area (TPSA) is 195 Å². The number of carbonyl (C=O) groups excluding carboxylic acids is 3. The lowest BCUT2D eigenvalue weighted by molar-refractivity contribution is -0.137. The summed E-state index contributed by atoms with van der Waals surface area (Å²) < 4.78 is 33.7. The highest BCUT2D eigenvalue weighted by atomic mass is 32.2. The minimum atomic E-state index is -4.03. The van der Waals surface area contributed by atoms with Gasteiger partial charge in [-0.15, -0.1) is 0 Å². The van der Waals surface area contributed by atoms with Crippen molar-refractivity contribution in [1.29, 1.82) is 5.41 Å². The van der Waals surface area contributed by atoms with E-state index < -0.39 is 51.9 Å². The number of nitrogens with one attached hydrogen (secondary N) is 3. The molecule has 216 valence electrons. The quantitative estimate of drug-likeness (QED) is 0.145. The van der Waals surface area contributed by atoms with E-state index in [1.807, 2.05) is 6.92 Å². The Balaban J connectivity index is 1.64. The van der Waals surface area contributed by atoms with Gasteiger partial charge in [0.1, 0.15) is 12.3 Å². The van der Waals surface area contributed by atoms with Gasteiger partial charge in [-0.25, -0.2) is 17.9 Å². The smallest absolute Gasteiger partial charge is 0.338 e. The Morgan fingerprint density at radius 1 is 1.18 bits per heavy atom. The highest BCUT2D eigenvalue weighted by molar-refractivity contribution is 7.88. The number of hydrogen-bond donors (Lipinski definition) is 5. The second-order valence-corrected chi connectivity index (χ2v) is 11.5. The lowest BCUT2D eigenvalue weighted by Crippen LogP contribution is -2.59. The monoisotopic (exact) mass is 566 g/mol. The predicted molar refractivity (Wildman–Crippen MR) is 143 cm³/mol. The summed E-state index contributed by atoms with van der Waals surface area (Å²) in [6.45, 7) is 2.45. The van der Waals surface area contributed by atoms with Crippen LogP contribution in [0.1, 0.15) is 61.4 Å². The minimum absolute atomic E-state index is 0.148. The summed E-state index contributed by atoms with van der Waals surface area (Å²) in [6.07, 6.45) is 2.02. The van der Waals surface area contributed by atoms with Crippen LogP contribution >= 0.6 is 0 Å². The molecule has 0 radical (unpaired) electrons. The molecule has 1 aromatic carbocycles.